The molecule has 1 N–H and O–H groups in total. The van der Waals surface area contributed by atoms with Gasteiger partial charge in [-0.1, -0.05) is 95.6 Å². The van der Waals surface area contributed by atoms with Crippen molar-refractivity contribution >= 4 is 63.3 Å². The molecule has 2 aliphatic heterocycles. The van der Waals surface area contributed by atoms with Gasteiger partial charge in [0.2, 0.25) is 11.8 Å². The van der Waals surface area contributed by atoms with Crippen molar-refractivity contribution in [3.05, 3.63) is 100 Å². The van der Waals surface area contributed by atoms with Crippen molar-refractivity contribution in [1.82, 2.24) is 5.01 Å². The van der Waals surface area contributed by atoms with E-state index in [-0.39, 0.29) is 34.5 Å². The predicted molar refractivity (Wildman–Crippen MR) is 141 cm³/mol. The number of hydrogen-bond acceptors (Lipinski definition) is 5. The van der Waals surface area contributed by atoms with Crippen LogP contribution < -0.4 is 4.90 Å². The Kier molecular flexibility index (Phi) is 6.65. The van der Waals surface area contributed by atoms with E-state index in [1.54, 1.807) is 17.1 Å². The topological polar surface area (TPSA) is 76.8 Å². The van der Waals surface area contributed by atoms with Crippen LogP contribution in [0.2, 0.25) is 10.0 Å². The Bertz CT molecular complexity index is 1330. The van der Waals surface area contributed by atoms with Gasteiger partial charge in [-0.15, -0.1) is 0 Å². The standard InChI is InChI=1S/C26H20Cl2N4O2S/c27-19-12-11-18(13-20(19)28)31-24(33)15-23(25(31)34)35-26(29)32-22(17-9-5-2-6-10-17)14-21(30-32)16-7-3-1-4-8-16/h1-13,22-23,29H,14-15H2. The lowest BCUT2D eigenvalue weighted by Gasteiger charge is -2.24. The third kappa shape index (κ3) is 4.72. The van der Waals surface area contributed by atoms with Crippen LogP contribution in [0.15, 0.2) is 84.0 Å². The summed E-state index contributed by atoms with van der Waals surface area (Å²) >= 11 is 13.1. The van der Waals surface area contributed by atoms with Crippen LogP contribution in [0.1, 0.15) is 30.0 Å². The van der Waals surface area contributed by atoms with Crippen LogP contribution in [-0.4, -0.2) is 33.0 Å². The molecular weight excluding hydrogens is 503 g/mol. The van der Waals surface area contributed by atoms with Gasteiger partial charge >= 0.3 is 0 Å². The molecule has 0 spiro atoms. The van der Waals surface area contributed by atoms with Crippen LogP contribution in [-0.2, 0) is 9.59 Å². The van der Waals surface area contributed by atoms with Gasteiger partial charge in [0, 0.05) is 12.8 Å². The van der Waals surface area contributed by atoms with Crippen molar-refractivity contribution < 1.29 is 9.59 Å². The molecule has 2 heterocycles. The monoisotopic (exact) mass is 522 g/mol. The highest BCUT2D eigenvalue weighted by Crippen LogP contribution is 2.38. The van der Waals surface area contributed by atoms with Crippen molar-refractivity contribution in [3.63, 3.8) is 0 Å². The molecule has 176 valence electrons. The molecule has 6 nitrogen and oxygen atoms in total. The van der Waals surface area contributed by atoms with Crippen molar-refractivity contribution in [1.29, 1.82) is 5.41 Å². The molecule has 2 atom stereocenters. The van der Waals surface area contributed by atoms with Gasteiger partial charge in [-0.3, -0.25) is 15.0 Å². The van der Waals surface area contributed by atoms with Crippen LogP contribution in [0.3, 0.4) is 0 Å². The molecule has 0 bridgehead atoms. The average Bonchev–Trinajstić information content (AvgIpc) is 3.43. The number of benzene rings is 3. The van der Waals surface area contributed by atoms with Gasteiger partial charge < -0.3 is 0 Å². The molecule has 3 aromatic rings. The number of anilines is 1. The lowest BCUT2D eigenvalue weighted by Crippen LogP contribution is -2.32. The van der Waals surface area contributed by atoms with E-state index in [9.17, 15) is 9.59 Å². The molecule has 0 aromatic heterocycles. The first-order chi connectivity index (χ1) is 16.9. The summed E-state index contributed by atoms with van der Waals surface area (Å²) in [4.78, 5) is 27.0. The first kappa shape index (κ1) is 23.6. The van der Waals surface area contributed by atoms with Gasteiger partial charge in [-0.25, -0.2) is 9.91 Å². The fraction of sp³-hybridized carbons (Fsp3) is 0.154. The van der Waals surface area contributed by atoms with E-state index in [2.05, 4.69) is 0 Å². The van der Waals surface area contributed by atoms with Crippen molar-refractivity contribution in [2.75, 3.05) is 4.90 Å². The van der Waals surface area contributed by atoms with E-state index in [0.29, 0.717) is 17.1 Å². The Hall–Kier alpha value is -3.13. The van der Waals surface area contributed by atoms with Gasteiger partial charge in [-0.2, -0.15) is 5.10 Å². The molecular formula is C26H20Cl2N4O2S. The molecule has 2 aliphatic rings. The summed E-state index contributed by atoms with van der Waals surface area (Å²) < 4.78 is 0. The quantitative estimate of drug-likeness (QED) is 0.253. The van der Waals surface area contributed by atoms with Crippen molar-refractivity contribution in [3.8, 4) is 0 Å². The van der Waals surface area contributed by atoms with Gasteiger partial charge in [0.1, 0.15) is 5.25 Å². The van der Waals surface area contributed by atoms with Crippen LogP contribution >= 0.6 is 35.0 Å². The van der Waals surface area contributed by atoms with Crippen LogP contribution in [0.4, 0.5) is 5.69 Å². The maximum absolute atomic E-state index is 13.2. The summed E-state index contributed by atoms with van der Waals surface area (Å²) in [5, 5.41) is 15.2. The Morgan fingerprint density at radius 2 is 1.60 bits per heavy atom. The zero-order valence-electron chi connectivity index (χ0n) is 18.4. The second kappa shape index (κ2) is 9.85. The van der Waals surface area contributed by atoms with Gasteiger partial charge in [0.05, 0.1) is 27.5 Å². The lowest BCUT2D eigenvalue weighted by atomic mass is 9.99. The van der Waals surface area contributed by atoms with Gasteiger partial charge in [0.25, 0.3) is 0 Å². The molecule has 0 saturated carbocycles. The number of thioether (sulfide) groups is 1. The van der Waals surface area contributed by atoms with E-state index in [1.165, 1.54) is 6.07 Å². The minimum atomic E-state index is -0.725. The predicted octanol–water partition coefficient (Wildman–Crippen LogP) is 6.14. The van der Waals surface area contributed by atoms with E-state index >= 15 is 0 Å². The second-order valence-corrected chi connectivity index (χ2v) is 10.2. The summed E-state index contributed by atoms with van der Waals surface area (Å²) in [5.41, 5.74) is 3.26. The summed E-state index contributed by atoms with van der Waals surface area (Å²) in [6.07, 6.45) is 0.620. The van der Waals surface area contributed by atoms with Gasteiger partial charge in [-0.05, 0) is 29.3 Å². The SMILES string of the molecule is N=C(SC1CC(=O)N(c2ccc(Cl)c(Cl)c2)C1=O)N1N=C(c2ccccc2)CC1c1ccccc1. The third-order valence-corrected chi connectivity index (χ3v) is 7.73. The van der Waals surface area contributed by atoms with Gasteiger partial charge in [0.15, 0.2) is 5.17 Å². The van der Waals surface area contributed by atoms with E-state index in [1.807, 2.05) is 60.7 Å². The van der Waals surface area contributed by atoms with E-state index in [4.69, 9.17) is 33.7 Å². The zero-order chi connectivity index (χ0) is 24.5. The fourth-order valence-corrected chi connectivity index (χ4v) is 5.49. The number of amides is 2. The van der Waals surface area contributed by atoms with E-state index < -0.39 is 5.25 Å². The number of nitrogens with one attached hydrogen (secondary N) is 1. The highest BCUT2D eigenvalue weighted by molar-refractivity contribution is 8.14. The minimum absolute atomic E-state index is 0.00870. The van der Waals surface area contributed by atoms with Crippen LogP contribution in [0, 0.1) is 5.41 Å². The number of carbonyl (C=O) groups is 2. The summed E-state index contributed by atoms with van der Waals surface area (Å²) in [5.74, 6) is -0.723. The maximum Gasteiger partial charge on any atom is 0.247 e. The molecule has 35 heavy (non-hydrogen) atoms. The smallest absolute Gasteiger partial charge is 0.247 e. The normalized spacial score (nSPS) is 19.9. The molecule has 2 unspecified atom stereocenters. The van der Waals surface area contributed by atoms with Crippen LogP contribution in [0.5, 0.6) is 0 Å². The molecule has 0 aliphatic carbocycles. The Morgan fingerprint density at radius 1 is 0.914 bits per heavy atom. The molecule has 0 radical (unpaired) electrons. The number of amidine groups is 1. The second-order valence-electron chi connectivity index (χ2n) is 8.17. The summed E-state index contributed by atoms with van der Waals surface area (Å²) in [6, 6.07) is 24.2. The average molecular weight is 523 g/mol. The van der Waals surface area contributed by atoms with Crippen molar-refractivity contribution in [2.24, 2.45) is 5.10 Å². The van der Waals surface area contributed by atoms with Crippen molar-refractivity contribution in [2.45, 2.75) is 24.1 Å². The molecule has 5 rings (SSSR count). The number of hydrazone groups is 1. The number of rotatable bonds is 4. The van der Waals surface area contributed by atoms with Crippen LogP contribution in [0.25, 0.3) is 0 Å². The molecule has 2 amide bonds. The summed E-state index contributed by atoms with van der Waals surface area (Å²) in [6.45, 7) is 0. The number of nitrogens with zero attached hydrogens (tertiary/aromatic N) is 3. The molecule has 1 fully saturated rings. The number of halogens is 2. The first-order valence-electron chi connectivity index (χ1n) is 11.0. The maximum atomic E-state index is 13.2. The highest BCUT2D eigenvalue weighted by Gasteiger charge is 2.42. The van der Waals surface area contributed by atoms with E-state index in [0.717, 1.165) is 33.5 Å². The minimum Gasteiger partial charge on any atom is -0.277 e. The fourth-order valence-electron chi connectivity index (χ4n) is 4.22. The Morgan fingerprint density at radius 3 is 2.29 bits per heavy atom. The number of carbonyl (C=O) groups excluding carboxylic acids is 2. The Balaban J connectivity index is 1.39. The Labute approximate surface area is 217 Å². The largest absolute Gasteiger partial charge is 0.277 e. The first-order valence-corrected chi connectivity index (χ1v) is 12.6. The molecule has 9 heteroatoms. The highest BCUT2D eigenvalue weighted by atomic mass is 35.5. The molecule has 3 aromatic carbocycles. The summed E-state index contributed by atoms with van der Waals surface area (Å²) in [7, 11) is 0. The number of hydrogen-bond donors (Lipinski definition) is 1. The molecule has 1 saturated heterocycles. The number of imide groups is 1. The lowest BCUT2D eigenvalue weighted by molar-refractivity contribution is -0.121. The zero-order valence-corrected chi connectivity index (χ0v) is 20.7. The third-order valence-electron chi connectivity index (χ3n) is 5.93.